The molecular weight excluding hydrogens is 407 g/mol. The monoisotopic (exact) mass is 434 g/mol. The second-order valence-electron chi connectivity index (χ2n) is 6.62. The van der Waals surface area contributed by atoms with Crippen LogP contribution in [0.25, 0.3) is 0 Å². The van der Waals surface area contributed by atoms with Crippen LogP contribution in [0.4, 0.5) is 0 Å². The molecule has 0 aromatic heterocycles. The average molecular weight is 434 g/mol. The highest BCUT2D eigenvalue weighted by Gasteiger charge is 2.22. The number of rotatable bonds is 9. The Kier molecular flexibility index (Phi) is 8.68. The molecule has 9 nitrogen and oxygen atoms in total. The van der Waals surface area contributed by atoms with Crippen molar-refractivity contribution in [3.8, 4) is 5.75 Å². The van der Waals surface area contributed by atoms with E-state index in [-0.39, 0.29) is 29.9 Å². The number of carbonyl (C=O) groups excluding carboxylic acids is 1. The summed E-state index contributed by atoms with van der Waals surface area (Å²) in [4.78, 5) is 24.6. The van der Waals surface area contributed by atoms with Crippen molar-refractivity contribution in [2.24, 2.45) is 0 Å². The topological polar surface area (TPSA) is 106 Å². The molecule has 1 atom stereocenters. The summed E-state index contributed by atoms with van der Waals surface area (Å²) in [5.41, 5.74) is 1.21. The van der Waals surface area contributed by atoms with Gasteiger partial charge in [0.15, 0.2) is 14.2 Å². The van der Waals surface area contributed by atoms with E-state index < -0.39 is 13.4 Å². The average Bonchev–Trinajstić information content (AvgIpc) is 2.94. The summed E-state index contributed by atoms with van der Waals surface area (Å²) in [6.07, 6.45) is 4.93. The number of allylic oxidation sites excluding steroid dienone is 2. The summed E-state index contributed by atoms with van der Waals surface area (Å²) in [7, 11) is 5.93. The zero-order chi connectivity index (χ0) is 22.3. The molecule has 2 N–H and O–H groups in total. The first-order valence-corrected chi connectivity index (χ1v) is 10.6. The summed E-state index contributed by atoms with van der Waals surface area (Å²) >= 11 is 0. The first-order valence-electron chi connectivity index (χ1n) is 9.33. The second kappa shape index (κ2) is 11.0. The third-order valence-corrected chi connectivity index (χ3v) is 5.67. The molecule has 1 aliphatic carbocycles. The highest BCUT2D eigenvalue weighted by atomic mass is 31.2. The molecule has 162 valence electrons. The Morgan fingerprint density at radius 1 is 1.20 bits per heavy atom. The number of carbonyl (C=O) groups is 1. The van der Waals surface area contributed by atoms with E-state index in [2.05, 4.69) is 10.2 Å². The quantitative estimate of drug-likeness (QED) is 0.349. The molecule has 0 fully saturated rings. The molecule has 1 aliphatic rings. The van der Waals surface area contributed by atoms with Crippen LogP contribution < -0.4 is 14.9 Å². The normalized spacial score (nSPS) is 14.9. The van der Waals surface area contributed by atoms with E-state index in [1.807, 2.05) is 13.0 Å². The number of nitrogens with zero attached hydrogens (tertiary/aromatic N) is 2. The predicted molar refractivity (Wildman–Crippen MR) is 117 cm³/mol. The van der Waals surface area contributed by atoms with E-state index in [0.717, 1.165) is 5.57 Å². The molecule has 0 saturated carbocycles. The van der Waals surface area contributed by atoms with E-state index >= 15 is 0 Å². The van der Waals surface area contributed by atoms with Crippen molar-refractivity contribution in [2.75, 3.05) is 28.2 Å². The van der Waals surface area contributed by atoms with Gasteiger partial charge in [0.05, 0.1) is 11.0 Å². The number of nitrogens with one attached hydrogen (secondary N) is 2. The molecule has 0 aliphatic heterocycles. The molecule has 2 rings (SSSR count). The second-order valence-corrected chi connectivity index (χ2v) is 8.32. The summed E-state index contributed by atoms with van der Waals surface area (Å²) in [5, 5.41) is 17.6. The van der Waals surface area contributed by atoms with Crippen LogP contribution in [0, 0.1) is 10.1 Å². The van der Waals surface area contributed by atoms with Gasteiger partial charge in [-0.15, -0.1) is 0 Å². The number of amides is 1. The summed E-state index contributed by atoms with van der Waals surface area (Å²) in [5.74, 6) is 0.506. The van der Waals surface area contributed by atoms with Gasteiger partial charge in [0.25, 0.3) is 5.91 Å². The molecule has 1 amide bonds. The fourth-order valence-corrected chi connectivity index (χ4v) is 3.58. The van der Waals surface area contributed by atoms with Crippen molar-refractivity contribution in [2.45, 2.75) is 19.4 Å². The van der Waals surface area contributed by atoms with Gasteiger partial charge >= 0.3 is 5.70 Å². The van der Waals surface area contributed by atoms with Gasteiger partial charge in [-0.25, -0.2) is 0 Å². The highest BCUT2D eigenvalue weighted by molar-refractivity contribution is 7.48. The maximum atomic E-state index is 12.0. The number of ether oxygens (including phenoxy) is 1. The summed E-state index contributed by atoms with van der Waals surface area (Å²) in [6, 6.07) is 6.51. The van der Waals surface area contributed by atoms with Crippen molar-refractivity contribution >= 4 is 14.4 Å². The number of benzene rings is 1. The molecule has 0 radical (unpaired) electrons. The van der Waals surface area contributed by atoms with Gasteiger partial charge in [0.1, 0.15) is 5.75 Å². The van der Waals surface area contributed by atoms with Crippen LogP contribution in [0.15, 0.2) is 59.5 Å². The Bertz CT molecular complexity index is 860. The fraction of sp³-hybridized carbons (Fsp3) is 0.350. The first-order chi connectivity index (χ1) is 14.3. The van der Waals surface area contributed by atoms with Crippen LogP contribution >= 0.6 is 8.45 Å². The Morgan fingerprint density at radius 2 is 1.83 bits per heavy atom. The van der Waals surface area contributed by atoms with Gasteiger partial charge < -0.3 is 14.2 Å². The van der Waals surface area contributed by atoms with Gasteiger partial charge in [0, 0.05) is 32.2 Å². The maximum absolute atomic E-state index is 12.0. The summed E-state index contributed by atoms with van der Waals surface area (Å²) < 4.78 is 11.7. The minimum Gasteiger partial charge on any atom is -0.454 e. The van der Waals surface area contributed by atoms with Crippen LogP contribution in [0.2, 0.25) is 0 Å². The highest BCUT2D eigenvalue weighted by Crippen LogP contribution is 2.31. The van der Waals surface area contributed by atoms with E-state index in [0.29, 0.717) is 11.3 Å². The van der Waals surface area contributed by atoms with Gasteiger partial charge in [0.2, 0.25) is 0 Å². The molecule has 1 aromatic carbocycles. The molecule has 0 heterocycles. The van der Waals surface area contributed by atoms with E-state index in [1.54, 1.807) is 58.5 Å². The zero-order valence-corrected chi connectivity index (χ0v) is 18.6. The largest absolute Gasteiger partial charge is 0.454 e. The zero-order valence-electron chi connectivity index (χ0n) is 17.7. The Morgan fingerprint density at radius 3 is 2.37 bits per heavy atom. The lowest BCUT2D eigenvalue weighted by Crippen LogP contribution is -2.21. The van der Waals surface area contributed by atoms with Crippen LogP contribution in [0.1, 0.15) is 23.7 Å². The van der Waals surface area contributed by atoms with Gasteiger partial charge in [-0.2, -0.15) is 0 Å². The smallest absolute Gasteiger partial charge is 0.307 e. The Labute approximate surface area is 177 Å². The molecule has 1 aromatic rings. The van der Waals surface area contributed by atoms with Crippen LogP contribution in [-0.2, 0) is 4.52 Å². The SMILES string of the molecule is CNP(NC)OC(C)C1=CCC(Oc2ccc(C(=O)N(C)C)cc2)=C([N+](=O)[O-])C=C1. The fourth-order valence-electron chi connectivity index (χ4n) is 2.71. The molecule has 0 saturated heterocycles. The van der Waals surface area contributed by atoms with E-state index in [9.17, 15) is 14.9 Å². The molecule has 0 bridgehead atoms. The Hall–Kier alpha value is -2.58. The van der Waals surface area contributed by atoms with Crippen molar-refractivity contribution < 1.29 is 19.0 Å². The van der Waals surface area contributed by atoms with E-state index in [4.69, 9.17) is 9.26 Å². The maximum Gasteiger partial charge on any atom is 0.307 e. The van der Waals surface area contributed by atoms with Crippen LogP contribution in [0.5, 0.6) is 5.75 Å². The number of hydrogen-bond donors (Lipinski definition) is 2. The molecule has 30 heavy (non-hydrogen) atoms. The van der Waals surface area contributed by atoms with Crippen LogP contribution in [-0.4, -0.2) is 50.0 Å². The van der Waals surface area contributed by atoms with Gasteiger partial charge in [-0.1, -0.05) is 6.08 Å². The van der Waals surface area contributed by atoms with Crippen molar-refractivity contribution in [1.29, 1.82) is 0 Å². The molecule has 1 unspecified atom stereocenters. The minimum absolute atomic E-state index is 0.119. The van der Waals surface area contributed by atoms with Crippen molar-refractivity contribution in [3.63, 3.8) is 0 Å². The minimum atomic E-state index is -1.00. The van der Waals surface area contributed by atoms with Crippen molar-refractivity contribution in [1.82, 2.24) is 15.1 Å². The van der Waals surface area contributed by atoms with Crippen molar-refractivity contribution in [3.05, 3.63) is 75.2 Å². The number of hydrogen-bond acceptors (Lipinski definition) is 7. The Balaban J connectivity index is 2.20. The van der Waals surface area contributed by atoms with Gasteiger partial charge in [-0.3, -0.25) is 25.1 Å². The lowest BCUT2D eigenvalue weighted by atomic mass is 10.1. The molecule has 0 spiro atoms. The third kappa shape index (κ3) is 6.21. The standard InChI is InChI=1S/C20H27N4O5P/c1-14(29-30(21-2)22-3)15-8-12-18(24(26)27)19(13-9-15)28-17-10-6-16(7-11-17)20(25)23(4)5/h6-12,14,21-22H,13H2,1-5H3. The molecular formula is C20H27N4O5P. The van der Waals surface area contributed by atoms with Crippen LogP contribution in [0.3, 0.4) is 0 Å². The lowest BCUT2D eigenvalue weighted by Gasteiger charge is -2.21. The third-order valence-electron chi connectivity index (χ3n) is 4.33. The number of nitro groups is 1. The predicted octanol–water partition coefficient (Wildman–Crippen LogP) is 3.21. The molecule has 10 heteroatoms. The lowest BCUT2D eigenvalue weighted by molar-refractivity contribution is -0.421. The first kappa shape index (κ1) is 23.7. The van der Waals surface area contributed by atoms with Gasteiger partial charge in [-0.05, 0) is 56.9 Å². The summed E-state index contributed by atoms with van der Waals surface area (Å²) in [6.45, 7) is 1.89. The van der Waals surface area contributed by atoms with E-state index in [1.165, 1.54) is 11.0 Å².